The van der Waals surface area contributed by atoms with Crippen molar-refractivity contribution in [2.24, 2.45) is 0 Å². The Balaban J connectivity index is 2.48. The second-order valence-electron chi connectivity index (χ2n) is 4.64. The number of carboxylic acids is 1. The van der Waals surface area contributed by atoms with Crippen LogP contribution in [0.4, 0.5) is 0 Å². The first-order valence-electron chi connectivity index (χ1n) is 6.13. The number of aliphatic hydroxyl groups excluding tert-OH is 1. The van der Waals surface area contributed by atoms with Gasteiger partial charge in [-0.25, -0.2) is 4.79 Å². The second kappa shape index (κ2) is 6.03. The zero-order valence-corrected chi connectivity index (χ0v) is 11.6. The maximum absolute atomic E-state index is 11.2. The number of carboxylic acid groups (broad SMARTS) is 1. The number of aliphatic hydroxyl groups is 1. The summed E-state index contributed by atoms with van der Waals surface area (Å²) in [5, 5.41) is 19.1. The van der Waals surface area contributed by atoms with Gasteiger partial charge >= 0.3 is 5.97 Å². The van der Waals surface area contributed by atoms with Gasteiger partial charge in [0.15, 0.2) is 0 Å². The van der Waals surface area contributed by atoms with E-state index in [1.54, 1.807) is 31.2 Å². The fourth-order valence-electron chi connectivity index (χ4n) is 1.97. The summed E-state index contributed by atoms with van der Waals surface area (Å²) in [7, 11) is 0. The topological polar surface area (TPSA) is 70.4 Å². The minimum Gasteiger partial charge on any atom is -0.478 e. The summed E-state index contributed by atoms with van der Waals surface area (Å²) in [6, 6.07) is 8.38. The van der Waals surface area contributed by atoms with Gasteiger partial charge in [0, 0.05) is 11.8 Å². The van der Waals surface area contributed by atoms with E-state index >= 15 is 0 Å². The van der Waals surface area contributed by atoms with Gasteiger partial charge in [0.2, 0.25) is 0 Å². The van der Waals surface area contributed by atoms with Crippen LogP contribution < -0.4 is 0 Å². The van der Waals surface area contributed by atoms with Crippen molar-refractivity contribution in [1.82, 2.24) is 4.98 Å². The van der Waals surface area contributed by atoms with Crippen LogP contribution in [0.3, 0.4) is 0 Å². The van der Waals surface area contributed by atoms with Crippen LogP contribution in [-0.2, 0) is 6.42 Å². The monoisotopic (exact) mass is 291 g/mol. The highest BCUT2D eigenvalue weighted by Crippen LogP contribution is 2.23. The SMILES string of the molecule is CC(O)Cc1cc(C(=O)O)cc(-c2ccc(Cl)cn2)c1. The third-order valence-electron chi connectivity index (χ3n) is 2.79. The zero-order valence-electron chi connectivity index (χ0n) is 10.9. The fourth-order valence-corrected chi connectivity index (χ4v) is 2.08. The lowest BCUT2D eigenvalue weighted by Crippen LogP contribution is -2.06. The lowest BCUT2D eigenvalue weighted by molar-refractivity contribution is 0.0696. The number of benzene rings is 1. The number of hydrogen-bond acceptors (Lipinski definition) is 3. The van der Waals surface area contributed by atoms with E-state index in [2.05, 4.69) is 4.98 Å². The highest BCUT2D eigenvalue weighted by molar-refractivity contribution is 6.30. The number of rotatable bonds is 4. The predicted molar refractivity (Wildman–Crippen MR) is 77.0 cm³/mol. The van der Waals surface area contributed by atoms with Crippen molar-refractivity contribution >= 4 is 17.6 Å². The molecule has 0 amide bonds. The van der Waals surface area contributed by atoms with Gasteiger partial charge in [-0.1, -0.05) is 11.6 Å². The van der Waals surface area contributed by atoms with E-state index in [4.69, 9.17) is 16.7 Å². The van der Waals surface area contributed by atoms with Crippen molar-refractivity contribution in [3.63, 3.8) is 0 Å². The number of halogens is 1. The normalized spacial score (nSPS) is 12.2. The Morgan fingerprint density at radius 1 is 1.35 bits per heavy atom. The molecule has 2 aromatic rings. The zero-order chi connectivity index (χ0) is 14.7. The quantitative estimate of drug-likeness (QED) is 0.908. The molecule has 0 aliphatic carbocycles. The number of aromatic nitrogens is 1. The van der Waals surface area contributed by atoms with Crippen LogP contribution in [0.15, 0.2) is 36.5 Å². The van der Waals surface area contributed by atoms with E-state index in [1.165, 1.54) is 6.20 Å². The third-order valence-corrected chi connectivity index (χ3v) is 3.02. The van der Waals surface area contributed by atoms with Crippen LogP contribution in [-0.4, -0.2) is 27.3 Å². The second-order valence-corrected chi connectivity index (χ2v) is 5.08. The maximum Gasteiger partial charge on any atom is 0.335 e. The molecule has 20 heavy (non-hydrogen) atoms. The van der Waals surface area contributed by atoms with Crippen LogP contribution in [0, 0.1) is 0 Å². The highest BCUT2D eigenvalue weighted by atomic mass is 35.5. The van der Waals surface area contributed by atoms with Gasteiger partial charge in [-0.15, -0.1) is 0 Å². The van der Waals surface area contributed by atoms with E-state index in [9.17, 15) is 9.90 Å². The molecule has 0 saturated heterocycles. The molecule has 0 saturated carbocycles. The van der Waals surface area contributed by atoms with E-state index in [1.807, 2.05) is 6.07 Å². The first-order valence-corrected chi connectivity index (χ1v) is 6.51. The minimum atomic E-state index is -1.01. The average molecular weight is 292 g/mol. The van der Waals surface area contributed by atoms with Gasteiger partial charge in [0.05, 0.1) is 22.4 Å². The van der Waals surface area contributed by atoms with Gasteiger partial charge in [-0.05, 0) is 49.2 Å². The number of nitrogens with zero attached hydrogens (tertiary/aromatic N) is 1. The summed E-state index contributed by atoms with van der Waals surface area (Å²) >= 11 is 5.79. The maximum atomic E-state index is 11.2. The van der Waals surface area contributed by atoms with Crippen molar-refractivity contribution in [2.75, 3.05) is 0 Å². The van der Waals surface area contributed by atoms with Crippen LogP contribution in [0.1, 0.15) is 22.8 Å². The summed E-state index contributed by atoms with van der Waals surface area (Å²) in [6.45, 7) is 1.66. The van der Waals surface area contributed by atoms with Crippen LogP contribution in [0.2, 0.25) is 5.02 Å². The molecule has 0 spiro atoms. The number of hydrogen-bond donors (Lipinski definition) is 2. The van der Waals surface area contributed by atoms with E-state index in [0.717, 1.165) is 5.56 Å². The molecule has 1 atom stereocenters. The molecule has 1 unspecified atom stereocenters. The van der Waals surface area contributed by atoms with Crippen molar-refractivity contribution < 1.29 is 15.0 Å². The first kappa shape index (κ1) is 14.5. The molecule has 0 aliphatic heterocycles. The third kappa shape index (κ3) is 3.56. The molecule has 0 bridgehead atoms. The van der Waals surface area contributed by atoms with Gasteiger partial charge < -0.3 is 10.2 Å². The van der Waals surface area contributed by atoms with Crippen LogP contribution in [0.25, 0.3) is 11.3 Å². The molecule has 0 fully saturated rings. The minimum absolute atomic E-state index is 0.176. The lowest BCUT2D eigenvalue weighted by atomic mass is 9.99. The summed E-state index contributed by atoms with van der Waals surface area (Å²) in [4.78, 5) is 15.4. The van der Waals surface area contributed by atoms with Crippen molar-refractivity contribution in [3.8, 4) is 11.3 Å². The molecule has 104 valence electrons. The van der Waals surface area contributed by atoms with E-state index in [0.29, 0.717) is 22.7 Å². The number of carbonyl (C=O) groups is 1. The van der Waals surface area contributed by atoms with Gasteiger partial charge in [-0.3, -0.25) is 4.98 Å². The van der Waals surface area contributed by atoms with Crippen LogP contribution in [0.5, 0.6) is 0 Å². The molecular formula is C15H14ClNO3. The van der Waals surface area contributed by atoms with Crippen molar-refractivity contribution in [1.29, 1.82) is 0 Å². The molecular weight excluding hydrogens is 278 g/mol. The van der Waals surface area contributed by atoms with E-state index < -0.39 is 12.1 Å². The molecule has 1 heterocycles. The Kier molecular flexibility index (Phi) is 4.37. The molecule has 5 heteroatoms. The summed E-state index contributed by atoms with van der Waals surface area (Å²) in [6.07, 6.45) is 1.37. The Morgan fingerprint density at radius 2 is 2.10 bits per heavy atom. The number of pyridine rings is 1. The average Bonchev–Trinajstić information content (AvgIpc) is 2.38. The summed E-state index contributed by atoms with van der Waals surface area (Å²) in [5.41, 5.74) is 2.27. The molecule has 4 nitrogen and oxygen atoms in total. The fraction of sp³-hybridized carbons (Fsp3) is 0.200. The highest BCUT2D eigenvalue weighted by Gasteiger charge is 2.10. The molecule has 1 aromatic carbocycles. The van der Waals surface area contributed by atoms with Gasteiger partial charge in [-0.2, -0.15) is 0 Å². The number of aromatic carboxylic acids is 1. The molecule has 0 aliphatic rings. The van der Waals surface area contributed by atoms with Gasteiger partial charge in [0.1, 0.15) is 0 Å². The molecule has 1 aromatic heterocycles. The predicted octanol–water partition coefficient (Wildman–Crippen LogP) is 3.02. The summed E-state index contributed by atoms with van der Waals surface area (Å²) in [5.74, 6) is -1.01. The Hall–Kier alpha value is -1.91. The lowest BCUT2D eigenvalue weighted by Gasteiger charge is -2.09. The molecule has 0 radical (unpaired) electrons. The Bertz CT molecular complexity index is 624. The van der Waals surface area contributed by atoms with Crippen molar-refractivity contribution in [3.05, 3.63) is 52.7 Å². The Morgan fingerprint density at radius 3 is 2.65 bits per heavy atom. The molecule has 2 rings (SSSR count). The largest absolute Gasteiger partial charge is 0.478 e. The first-order chi connectivity index (χ1) is 9.45. The van der Waals surface area contributed by atoms with Gasteiger partial charge in [0.25, 0.3) is 0 Å². The summed E-state index contributed by atoms with van der Waals surface area (Å²) < 4.78 is 0. The molecule has 2 N–H and O–H groups in total. The standard InChI is InChI=1S/C15H14ClNO3/c1-9(18)4-10-5-11(7-12(6-10)15(19)20)14-3-2-13(16)8-17-14/h2-3,5-9,18H,4H2,1H3,(H,19,20). The van der Waals surface area contributed by atoms with E-state index in [-0.39, 0.29) is 5.56 Å². The van der Waals surface area contributed by atoms with Crippen LogP contribution >= 0.6 is 11.6 Å². The smallest absolute Gasteiger partial charge is 0.335 e. The van der Waals surface area contributed by atoms with Crippen molar-refractivity contribution in [2.45, 2.75) is 19.4 Å². The Labute approximate surface area is 121 Å².